The molecule has 0 fully saturated rings. The lowest BCUT2D eigenvalue weighted by molar-refractivity contribution is 0.102. The standard InChI is InChI=1S/C15H14Br2N2O/c1-8-5-12(17)14(13(18)6-8)19-15(20)10-3-4-11(16)9(2)7-10/h3-7H,18H2,1-2H3,(H,19,20). The monoisotopic (exact) mass is 396 g/mol. The molecule has 0 aliphatic heterocycles. The second kappa shape index (κ2) is 5.97. The second-order valence-corrected chi connectivity index (χ2v) is 6.34. The van der Waals surface area contributed by atoms with Crippen molar-refractivity contribution >= 4 is 49.1 Å². The zero-order chi connectivity index (χ0) is 14.9. The zero-order valence-corrected chi connectivity index (χ0v) is 14.3. The average molecular weight is 398 g/mol. The van der Waals surface area contributed by atoms with Gasteiger partial charge in [-0.15, -0.1) is 0 Å². The molecule has 104 valence electrons. The molecule has 1 amide bonds. The number of nitrogen functional groups attached to an aromatic ring is 1. The second-order valence-electron chi connectivity index (χ2n) is 4.63. The molecule has 0 aliphatic carbocycles. The van der Waals surface area contributed by atoms with Crippen molar-refractivity contribution in [2.75, 3.05) is 11.1 Å². The lowest BCUT2D eigenvalue weighted by atomic mass is 10.1. The van der Waals surface area contributed by atoms with Crippen molar-refractivity contribution in [1.29, 1.82) is 0 Å². The number of amides is 1. The van der Waals surface area contributed by atoms with E-state index < -0.39 is 0 Å². The molecule has 0 saturated carbocycles. The fraction of sp³-hybridized carbons (Fsp3) is 0.133. The van der Waals surface area contributed by atoms with E-state index in [1.54, 1.807) is 6.07 Å². The van der Waals surface area contributed by atoms with Crippen LogP contribution >= 0.6 is 31.9 Å². The van der Waals surface area contributed by atoms with E-state index in [9.17, 15) is 4.79 Å². The summed E-state index contributed by atoms with van der Waals surface area (Å²) in [4.78, 5) is 12.3. The number of carbonyl (C=O) groups excluding carboxylic acids is 1. The Morgan fingerprint density at radius 1 is 1.10 bits per heavy atom. The van der Waals surface area contributed by atoms with Gasteiger partial charge in [0.1, 0.15) is 0 Å². The van der Waals surface area contributed by atoms with Gasteiger partial charge in [0.25, 0.3) is 5.91 Å². The molecule has 20 heavy (non-hydrogen) atoms. The Morgan fingerprint density at radius 2 is 1.80 bits per heavy atom. The first-order valence-corrected chi connectivity index (χ1v) is 7.60. The summed E-state index contributed by atoms with van der Waals surface area (Å²) in [7, 11) is 0. The lowest BCUT2D eigenvalue weighted by Crippen LogP contribution is -2.14. The highest BCUT2D eigenvalue weighted by molar-refractivity contribution is 9.11. The summed E-state index contributed by atoms with van der Waals surface area (Å²) in [5.74, 6) is -0.183. The van der Waals surface area contributed by atoms with E-state index in [0.29, 0.717) is 16.9 Å². The number of rotatable bonds is 2. The maximum atomic E-state index is 12.3. The number of hydrogen-bond donors (Lipinski definition) is 2. The van der Waals surface area contributed by atoms with Crippen LogP contribution in [0.2, 0.25) is 0 Å². The number of benzene rings is 2. The van der Waals surface area contributed by atoms with Crippen molar-refractivity contribution in [2.45, 2.75) is 13.8 Å². The molecule has 0 saturated heterocycles. The normalized spacial score (nSPS) is 10.4. The molecule has 0 aliphatic rings. The number of carbonyl (C=O) groups is 1. The van der Waals surface area contributed by atoms with Crippen molar-refractivity contribution < 1.29 is 4.79 Å². The molecule has 3 nitrogen and oxygen atoms in total. The highest BCUT2D eigenvalue weighted by Gasteiger charge is 2.12. The van der Waals surface area contributed by atoms with E-state index in [0.717, 1.165) is 20.1 Å². The Bertz CT molecular complexity index is 661. The Kier molecular flexibility index (Phi) is 4.50. The average Bonchev–Trinajstić information content (AvgIpc) is 2.36. The maximum absolute atomic E-state index is 12.3. The van der Waals surface area contributed by atoms with Crippen LogP contribution in [0, 0.1) is 13.8 Å². The Balaban J connectivity index is 2.30. The van der Waals surface area contributed by atoms with Crippen LogP contribution in [0.3, 0.4) is 0 Å². The van der Waals surface area contributed by atoms with Crippen LogP contribution in [0.5, 0.6) is 0 Å². The predicted molar refractivity (Wildman–Crippen MR) is 90.1 cm³/mol. The van der Waals surface area contributed by atoms with Crippen molar-refractivity contribution in [3.63, 3.8) is 0 Å². The van der Waals surface area contributed by atoms with Gasteiger partial charge in [-0.1, -0.05) is 15.9 Å². The smallest absolute Gasteiger partial charge is 0.255 e. The van der Waals surface area contributed by atoms with Gasteiger partial charge in [0.15, 0.2) is 0 Å². The summed E-state index contributed by atoms with van der Waals surface area (Å²) < 4.78 is 1.75. The van der Waals surface area contributed by atoms with Crippen molar-refractivity contribution in [3.05, 3.63) is 56.0 Å². The van der Waals surface area contributed by atoms with Gasteiger partial charge in [-0.2, -0.15) is 0 Å². The SMILES string of the molecule is Cc1cc(N)c(NC(=O)c2ccc(Br)c(C)c2)c(Br)c1. The van der Waals surface area contributed by atoms with Crippen molar-refractivity contribution in [2.24, 2.45) is 0 Å². The minimum Gasteiger partial charge on any atom is -0.397 e. The molecule has 0 atom stereocenters. The highest BCUT2D eigenvalue weighted by Crippen LogP contribution is 2.30. The molecule has 0 bridgehead atoms. The number of aryl methyl sites for hydroxylation is 2. The molecule has 2 aromatic carbocycles. The number of halogens is 2. The van der Waals surface area contributed by atoms with Crippen LogP contribution in [0.1, 0.15) is 21.5 Å². The molecule has 5 heteroatoms. The van der Waals surface area contributed by atoms with Gasteiger partial charge in [0, 0.05) is 14.5 Å². The van der Waals surface area contributed by atoms with Crippen LogP contribution in [0.25, 0.3) is 0 Å². The van der Waals surface area contributed by atoms with Gasteiger partial charge in [0.05, 0.1) is 11.4 Å². The summed E-state index contributed by atoms with van der Waals surface area (Å²) in [6, 6.07) is 9.20. The molecule has 0 radical (unpaired) electrons. The fourth-order valence-corrected chi connectivity index (χ4v) is 2.81. The minimum atomic E-state index is -0.183. The third-order valence-corrected chi connectivity index (χ3v) is 4.44. The van der Waals surface area contributed by atoms with Gasteiger partial charge >= 0.3 is 0 Å². The Labute approximate surface area is 134 Å². The van der Waals surface area contributed by atoms with E-state index in [-0.39, 0.29) is 5.91 Å². The van der Waals surface area contributed by atoms with Crippen LogP contribution in [0.15, 0.2) is 39.3 Å². The van der Waals surface area contributed by atoms with Gasteiger partial charge in [-0.3, -0.25) is 4.79 Å². The molecule has 0 spiro atoms. The van der Waals surface area contributed by atoms with Gasteiger partial charge in [-0.25, -0.2) is 0 Å². The van der Waals surface area contributed by atoms with Crippen LogP contribution in [-0.4, -0.2) is 5.91 Å². The van der Waals surface area contributed by atoms with Crippen molar-refractivity contribution in [1.82, 2.24) is 0 Å². The third-order valence-electron chi connectivity index (χ3n) is 2.92. The largest absolute Gasteiger partial charge is 0.397 e. The number of anilines is 2. The van der Waals surface area contributed by atoms with E-state index >= 15 is 0 Å². The molecule has 0 unspecified atom stereocenters. The highest BCUT2D eigenvalue weighted by atomic mass is 79.9. The maximum Gasteiger partial charge on any atom is 0.255 e. The molecule has 2 aromatic rings. The summed E-state index contributed by atoms with van der Waals surface area (Å²) in [6.45, 7) is 3.89. The first-order valence-electron chi connectivity index (χ1n) is 6.01. The van der Waals surface area contributed by atoms with Crippen molar-refractivity contribution in [3.8, 4) is 0 Å². The summed E-state index contributed by atoms with van der Waals surface area (Å²) >= 11 is 6.84. The molecule has 3 N–H and O–H groups in total. The van der Waals surface area contributed by atoms with E-state index in [1.807, 2.05) is 38.1 Å². The predicted octanol–water partition coefficient (Wildman–Crippen LogP) is 4.66. The quantitative estimate of drug-likeness (QED) is 0.723. The lowest BCUT2D eigenvalue weighted by Gasteiger charge is -2.12. The third kappa shape index (κ3) is 3.22. The van der Waals surface area contributed by atoms with E-state index in [1.165, 1.54) is 0 Å². The van der Waals surface area contributed by atoms with Crippen LogP contribution in [0.4, 0.5) is 11.4 Å². The summed E-state index contributed by atoms with van der Waals surface area (Å²) in [5.41, 5.74) is 9.73. The first-order chi connectivity index (χ1) is 9.38. The summed E-state index contributed by atoms with van der Waals surface area (Å²) in [5, 5.41) is 2.84. The Morgan fingerprint density at radius 3 is 2.40 bits per heavy atom. The summed E-state index contributed by atoms with van der Waals surface area (Å²) in [6.07, 6.45) is 0. The topological polar surface area (TPSA) is 55.1 Å². The molecule has 0 heterocycles. The molecular weight excluding hydrogens is 384 g/mol. The number of nitrogens with one attached hydrogen (secondary N) is 1. The first kappa shape index (κ1) is 15.1. The van der Waals surface area contributed by atoms with Gasteiger partial charge in [-0.05, 0) is 71.2 Å². The van der Waals surface area contributed by atoms with Crippen LogP contribution < -0.4 is 11.1 Å². The number of nitrogens with two attached hydrogens (primary N) is 1. The van der Waals surface area contributed by atoms with E-state index in [2.05, 4.69) is 37.2 Å². The molecule has 0 aromatic heterocycles. The number of hydrogen-bond acceptors (Lipinski definition) is 2. The van der Waals surface area contributed by atoms with Gasteiger partial charge in [0.2, 0.25) is 0 Å². The minimum absolute atomic E-state index is 0.183. The van der Waals surface area contributed by atoms with Gasteiger partial charge < -0.3 is 11.1 Å². The zero-order valence-electron chi connectivity index (χ0n) is 11.1. The Hall–Kier alpha value is -1.33. The molecular formula is C15H14Br2N2O. The fourth-order valence-electron chi connectivity index (χ4n) is 1.87. The van der Waals surface area contributed by atoms with E-state index in [4.69, 9.17) is 5.73 Å². The van der Waals surface area contributed by atoms with Crippen LogP contribution in [-0.2, 0) is 0 Å². The molecule has 2 rings (SSSR count).